The molecule has 90 valence electrons. The molecule has 0 nitrogen and oxygen atoms in total. The fraction of sp³-hybridized carbons (Fsp3) is 0.375. The Morgan fingerprint density at radius 3 is 2.18 bits per heavy atom. The maximum atomic E-state index is 6.45. The van der Waals surface area contributed by atoms with Crippen molar-refractivity contribution in [2.45, 2.75) is 32.1 Å². The lowest BCUT2D eigenvalue weighted by Gasteiger charge is -2.22. The van der Waals surface area contributed by atoms with E-state index in [0.717, 1.165) is 0 Å². The van der Waals surface area contributed by atoms with Gasteiger partial charge < -0.3 is 0 Å². The molecule has 0 aromatic heterocycles. The normalized spacial score (nSPS) is 15.1. The fourth-order valence-corrected chi connectivity index (χ4v) is 2.40. The molecule has 0 radical (unpaired) electrons. The molecule has 2 unspecified atom stereocenters. The van der Waals surface area contributed by atoms with Crippen molar-refractivity contribution in [3.63, 3.8) is 0 Å². The first-order valence-electron chi connectivity index (χ1n) is 6.22. The molecule has 0 fully saturated rings. The van der Waals surface area contributed by atoms with Crippen LogP contribution < -0.4 is 0 Å². The van der Waals surface area contributed by atoms with Crippen LogP contribution in [0.4, 0.5) is 0 Å². The lowest BCUT2D eigenvalue weighted by Crippen LogP contribution is -2.16. The van der Waals surface area contributed by atoms with E-state index in [9.17, 15) is 0 Å². The van der Waals surface area contributed by atoms with Crippen LogP contribution in [0.2, 0.25) is 0 Å². The van der Waals surface area contributed by atoms with Crippen molar-refractivity contribution in [3.05, 3.63) is 48.0 Å². The van der Waals surface area contributed by atoms with Gasteiger partial charge in [0.15, 0.2) is 0 Å². The molecule has 0 amide bonds. The topological polar surface area (TPSA) is 0 Å². The number of rotatable bonds is 3. The third-order valence-corrected chi connectivity index (χ3v) is 4.30. The summed E-state index contributed by atoms with van der Waals surface area (Å²) in [6, 6.07) is 15.1. The second kappa shape index (κ2) is 5.10. The molecular formula is C16H19Cl. The van der Waals surface area contributed by atoms with Gasteiger partial charge in [-0.3, -0.25) is 0 Å². The molecule has 0 saturated heterocycles. The third kappa shape index (κ3) is 2.63. The first-order valence-corrected chi connectivity index (χ1v) is 6.66. The van der Waals surface area contributed by atoms with E-state index in [2.05, 4.69) is 63.2 Å². The van der Waals surface area contributed by atoms with Crippen molar-refractivity contribution in [2.75, 3.05) is 0 Å². The zero-order valence-electron chi connectivity index (χ0n) is 10.7. The molecule has 0 aliphatic carbocycles. The molecule has 1 heteroatoms. The van der Waals surface area contributed by atoms with Crippen LogP contribution in [0, 0.1) is 5.92 Å². The lowest BCUT2D eigenvalue weighted by molar-refractivity contribution is 0.534. The largest absolute Gasteiger partial charge is 0.122 e. The summed E-state index contributed by atoms with van der Waals surface area (Å²) >= 11 is 6.45. The lowest BCUT2D eigenvalue weighted by atomic mass is 9.90. The summed E-state index contributed by atoms with van der Waals surface area (Å²) < 4.78 is 0. The average Bonchev–Trinajstić information content (AvgIpc) is 2.36. The van der Waals surface area contributed by atoms with Crippen molar-refractivity contribution < 1.29 is 0 Å². The monoisotopic (exact) mass is 246 g/mol. The Kier molecular flexibility index (Phi) is 3.73. The van der Waals surface area contributed by atoms with Gasteiger partial charge in [-0.15, -0.1) is 11.6 Å². The zero-order valence-corrected chi connectivity index (χ0v) is 11.4. The van der Waals surface area contributed by atoms with Crippen LogP contribution in [0.5, 0.6) is 0 Å². The minimum atomic E-state index is 0.191. The average molecular weight is 247 g/mol. The maximum Gasteiger partial charge on any atom is 0.0424 e. The van der Waals surface area contributed by atoms with Gasteiger partial charge in [0.05, 0.1) is 0 Å². The summed E-state index contributed by atoms with van der Waals surface area (Å²) in [5.74, 6) is 0.888. The molecule has 0 aliphatic heterocycles. The predicted octanol–water partition coefficient (Wildman–Crippen LogP) is 5.21. The molecule has 2 aromatic carbocycles. The van der Waals surface area contributed by atoms with E-state index in [4.69, 9.17) is 11.6 Å². The Labute approximate surface area is 109 Å². The van der Waals surface area contributed by atoms with Gasteiger partial charge in [-0.2, -0.15) is 0 Å². The van der Waals surface area contributed by atoms with Crippen molar-refractivity contribution >= 4 is 22.4 Å². The Bertz CT molecular complexity index is 502. The number of halogens is 1. The van der Waals surface area contributed by atoms with Crippen molar-refractivity contribution in [3.8, 4) is 0 Å². The van der Waals surface area contributed by atoms with Crippen LogP contribution in [0.3, 0.4) is 0 Å². The molecule has 0 aliphatic rings. The number of hydrogen-bond acceptors (Lipinski definition) is 0. The van der Waals surface area contributed by atoms with E-state index in [-0.39, 0.29) is 5.38 Å². The number of hydrogen-bond donors (Lipinski definition) is 0. The van der Waals surface area contributed by atoms with Gasteiger partial charge in [0, 0.05) is 5.38 Å². The molecule has 0 heterocycles. The van der Waals surface area contributed by atoms with Gasteiger partial charge >= 0.3 is 0 Å². The van der Waals surface area contributed by atoms with Crippen LogP contribution >= 0.6 is 11.6 Å². The highest BCUT2D eigenvalue weighted by atomic mass is 35.5. The minimum Gasteiger partial charge on any atom is -0.122 e. The molecule has 0 bridgehead atoms. The van der Waals surface area contributed by atoms with E-state index in [1.54, 1.807) is 0 Å². The van der Waals surface area contributed by atoms with Crippen molar-refractivity contribution in [1.82, 2.24) is 0 Å². The summed E-state index contributed by atoms with van der Waals surface area (Å²) in [6.45, 7) is 6.56. The number of benzene rings is 2. The summed E-state index contributed by atoms with van der Waals surface area (Å²) in [4.78, 5) is 0. The quantitative estimate of drug-likeness (QED) is 0.653. The van der Waals surface area contributed by atoms with Gasteiger partial charge in [-0.05, 0) is 28.2 Å². The first-order chi connectivity index (χ1) is 8.09. The van der Waals surface area contributed by atoms with Gasteiger partial charge in [0.2, 0.25) is 0 Å². The van der Waals surface area contributed by atoms with E-state index in [1.807, 2.05) is 0 Å². The second-order valence-electron chi connectivity index (χ2n) is 5.08. The molecule has 2 atom stereocenters. The Balaban J connectivity index is 2.36. The van der Waals surface area contributed by atoms with Crippen molar-refractivity contribution in [2.24, 2.45) is 5.92 Å². The number of alkyl halides is 1. The van der Waals surface area contributed by atoms with Gasteiger partial charge in [0.1, 0.15) is 0 Å². The van der Waals surface area contributed by atoms with Crippen LogP contribution in [0.15, 0.2) is 42.5 Å². The summed E-state index contributed by atoms with van der Waals surface area (Å²) in [5, 5.41) is 2.78. The zero-order chi connectivity index (χ0) is 12.4. The summed E-state index contributed by atoms with van der Waals surface area (Å²) in [6.07, 6.45) is 0. The van der Waals surface area contributed by atoms with Crippen LogP contribution in [-0.2, 0) is 0 Å². The van der Waals surface area contributed by atoms with Crippen LogP contribution in [-0.4, -0.2) is 5.38 Å². The minimum absolute atomic E-state index is 0.191. The summed E-state index contributed by atoms with van der Waals surface area (Å²) in [5.41, 5.74) is 1.33. The standard InChI is InChI=1S/C16H19Cl/c1-11(2)16(17)12(3)14-9-8-13-6-4-5-7-15(13)10-14/h4-12,16H,1-3H3. The third-order valence-electron chi connectivity index (χ3n) is 3.41. The molecule has 0 N–H and O–H groups in total. The predicted molar refractivity (Wildman–Crippen MR) is 76.8 cm³/mol. The van der Waals surface area contributed by atoms with Crippen LogP contribution in [0.25, 0.3) is 10.8 Å². The van der Waals surface area contributed by atoms with Crippen LogP contribution in [0.1, 0.15) is 32.3 Å². The second-order valence-corrected chi connectivity index (χ2v) is 5.59. The SMILES string of the molecule is CC(C)C(Cl)C(C)c1ccc2ccccc2c1. The maximum absolute atomic E-state index is 6.45. The fourth-order valence-electron chi connectivity index (χ4n) is 2.25. The van der Waals surface area contributed by atoms with Gasteiger partial charge in [-0.25, -0.2) is 0 Å². The Hall–Kier alpha value is -1.01. The summed E-state index contributed by atoms with van der Waals surface area (Å²) in [7, 11) is 0. The molecule has 2 aromatic rings. The molecular weight excluding hydrogens is 228 g/mol. The van der Waals surface area contributed by atoms with Crippen molar-refractivity contribution in [1.29, 1.82) is 0 Å². The smallest absolute Gasteiger partial charge is 0.0424 e. The highest BCUT2D eigenvalue weighted by molar-refractivity contribution is 6.21. The van der Waals surface area contributed by atoms with E-state index < -0.39 is 0 Å². The molecule has 2 rings (SSSR count). The molecule has 17 heavy (non-hydrogen) atoms. The van der Waals surface area contributed by atoms with E-state index in [0.29, 0.717) is 11.8 Å². The molecule has 0 saturated carbocycles. The highest BCUT2D eigenvalue weighted by Crippen LogP contribution is 2.30. The first kappa shape index (κ1) is 12.4. The highest BCUT2D eigenvalue weighted by Gasteiger charge is 2.19. The number of fused-ring (bicyclic) bond motifs is 1. The van der Waals surface area contributed by atoms with E-state index >= 15 is 0 Å². The molecule has 0 spiro atoms. The van der Waals surface area contributed by atoms with E-state index in [1.165, 1.54) is 16.3 Å². The van der Waals surface area contributed by atoms with Gasteiger partial charge in [-0.1, -0.05) is 63.2 Å². The Morgan fingerprint density at radius 2 is 1.53 bits per heavy atom. The Morgan fingerprint density at radius 1 is 0.882 bits per heavy atom. The van der Waals surface area contributed by atoms with Gasteiger partial charge in [0.25, 0.3) is 0 Å².